The zero-order chi connectivity index (χ0) is 22.5. The molecule has 9 heteroatoms. The Bertz CT molecular complexity index is 1020. The number of halogens is 2. The molecule has 3 rings (SSSR count). The van der Waals surface area contributed by atoms with E-state index in [0.717, 1.165) is 11.3 Å². The Morgan fingerprint density at radius 1 is 1.26 bits per heavy atom. The first kappa shape index (κ1) is 23.9. The lowest BCUT2D eigenvalue weighted by molar-refractivity contribution is -0.150. The molecule has 2 aromatic carbocycles. The number of methoxy groups -OCH3 is 1. The van der Waals surface area contributed by atoms with Crippen molar-refractivity contribution >= 4 is 59.3 Å². The molecule has 1 aliphatic rings. The fourth-order valence-corrected chi connectivity index (χ4v) is 4.49. The van der Waals surface area contributed by atoms with Crippen LogP contribution in [0.1, 0.15) is 28.4 Å². The number of hydrogen-bond acceptors (Lipinski definition) is 7. The van der Waals surface area contributed by atoms with E-state index in [9.17, 15) is 9.59 Å². The first-order valence-electron chi connectivity index (χ1n) is 9.38. The number of benzene rings is 2. The Morgan fingerprint density at radius 3 is 2.61 bits per heavy atom. The second-order valence-electron chi connectivity index (χ2n) is 6.59. The van der Waals surface area contributed by atoms with Crippen LogP contribution in [0.5, 0.6) is 11.5 Å². The lowest BCUT2D eigenvalue weighted by Crippen LogP contribution is -2.27. The monoisotopic (exact) mass is 498 g/mol. The maximum atomic E-state index is 12.8. The number of ketones is 1. The van der Waals surface area contributed by atoms with Crippen molar-refractivity contribution in [3.05, 3.63) is 67.4 Å². The van der Waals surface area contributed by atoms with Gasteiger partial charge in [0.15, 0.2) is 11.9 Å². The smallest absolute Gasteiger partial charge is 0.347 e. The van der Waals surface area contributed by atoms with Crippen LogP contribution in [0.4, 0.5) is 0 Å². The molecule has 0 N–H and O–H groups in total. The average Bonchev–Trinajstić information content (AvgIpc) is 3.20. The van der Waals surface area contributed by atoms with Gasteiger partial charge < -0.3 is 14.2 Å². The van der Waals surface area contributed by atoms with Gasteiger partial charge in [-0.2, -0.15) is 0 Å². The van der Waals surface area contributed by atoms with Crippen LogP contribution in [0.3, 0.4) is 0 Å². The summed E-state index contributed by atoms with van der Waals surface area (Å²) in [7, 11) is 1.61. The van der Waals surface area contributed by atoms with Gasteiger partial charge in [-0.05, 0) is 30.7 Å². The van der Waals surface area contributed by atoms with E-state index in [0.29, 0.717) is 21.3 Å². The molecule has 0 radical (unpaired) electrons. The van der Waals surface area contributed by atoms with E-state index >= 15 is 0 Å². The summed E-state index contributed by atoms with van der Waals surface area (Å²) in [4.78, 5) is 24.8. The van der Waals surface area contributed by atoms with Crippen molar-refractivity contribution in [3.63, 3.8) is 0 Å². The van der Waals surface area contributed by atoms with Crippen LogP contribution in [0, 0.1) is 0 Å². The minimum Gasteiger partial charge on any atom is -0.497 e. The zero-order valence-electron chi connectivity index (χ0n) is 16.8. The molecule has 1 heterocycles. The highest BCUT2D eigenvalue weighted by Gasteiger charge is 2.34. The van der Waals surface area contributed by atoms with E-state index in [1.807, 2.05) is 24.3 Å². The van der Waals surface area contributed by atoms with Gasteiger partial charge in [0.2, 0.25) is 0 Å². The third kappa shape index (κ3) is 5.71. The molecule has 164 valence electrons. The highest BCUT2D eigenvalue weighted by molar-refractivity contribution is 8.15. The van der Waals surface area contributed by atoms with Crippen LogP contribution in [0.15, 0.2) is 40.6 Å². The predicted molar refractivity (Wildman–Crippen MR) is 127 cm³/mol. The quantitative estimate of drug-likeness (QED) is 0.216. The third-order valence-corrected chi connectivity index (χ3v) is 6.78. The Balaban J connectivity index is 1.72. The van der Waals surface area contributed by atoms with Crippen LogP contribution in [-0.4, -0.2) is 31.6 Å². The van der Waals surface area contributed by atoms with Gasteiger partial charge in [-0.25, -0.2) is 4.79 Å². The van der Waals surface area contributed by atoms with Crippen molar-refractivity contribution in [1.29, 1.82) is 0 Å². The molecule has 2 aromatic rings. The lowest BCUT2D eigenvalue weighted by atomic mass is 10.0. The SMILES string of the molecule is CCOC(=O)C1Cc2cc(C(=O)/C=C(\S)SCc3ccc(OC)cc3)c(Cl)c(Cl)c2O1. The highest BCUT2D eigenvalue weighted by atomic mass is 35.5. The molecule has 0 fully saturated rings. The summed E-state index contributed by atoms with van der Waals surface area (Å²) in [5.74, 6) is 0.918. The molecule has 0 spiro atoms. The molecule has 1 unspecified atom stereocenters. The summed E-state index contributed by atoms with van der Waals surface area (Å²) in [5, 5.41) is 0.182. The second kappa shape index (κ2) is 10.7. The molecule has 0 bridgehead atoms. The predicted octanol–water partition coefficient (Wildman–Crippen LogP) is 5.76. The molecule has 0 saturated heterocycles. The van der Waals surface area contributed by atoms with Crippen molar-refractivity contribution in [2.24, 2.45) is 0 Å². The Hall–Kier alpha value is -1.80. The topological polar surface area (TPSA) is 61.8 Å². The van der Waals surface area contributed by atoms with Gasteiger partial charge >= 0.3 is 5.97 Å². The van der Waals surface area contributed by atoms with Gasteiger partial charge in [-0.15, -0.1) is 24.4 Å². The van der Waals surface area contributed by atoms with Gasteiger partial charge in [0.05, 0.1) is 18.7 Å². The molecule has 0 saturated carbocycles. The normalized spacial score (nSPS) is 15.3. The highest BCUT2D eigenvalue weighted by Crippen LogP contribution is 2.43. The summed E-state index contributed by atoms with van der Waals surface area (Å²) >= 11 is 18.5. The van der Waals surface area contributed by atoms with Crippen LogP contribution >= 0.6 is 47.6 Å². The van der Waals surface area contributed by atoms with Crippen LogP contribution in [0.2, 0.25) is 10.0 Å². The summed E-state index contributed by atoms with van der Waals surface area (Å²) < 4.78 is 16.3. The Labute approximate surface area is 200 Å². The van der Waals surface area contributed by atoms with Crippen LogP contribution < -0.4 is 9.47 Å². The van der Waals surface area contributed by atoms with Gasteiger partial charge in [0.25, 0.3) is 0 Å². The molecule has 1 atom stereocenters. The van der Waals surface area contributed by atoms with Gasteiger partial charge in [-0.1, -0.05) is 35.3 Å². The number of esters is 1. The summed E-state index contributed by atoms with van der Waals surface area (Å²) in [6.45, 7) is 1.96. The number of carbonyl (C=O) groups excluding carboxylic acids is 2. The number of rotatable bonds is 8. The zero-order valence-corrected chi connectivity index (χ0v) is 20.0. The van der Waals surface area contributed by atoms with E-state index < -0.39 is 12.1 Å². The molecule has 0 amide bonds. The number of thioether (sulfide) groups is 1. The summed E-state index contributed by atoms with van der Waals surface area (Å²) in [6.07, 6.45) is 0.861. The fourth-order valence-electron chi connectivity index (χ4n) is 2.98. The first-order valence-corrected chi connectivity index (χ1v) is 11.6. The number of carbonyl (C=O) groups is 2. The first-order chi connectivity index (χ1) is 14.8. The summed E-state index contributed by atoms with van der Waals surface area (Å²) in [5.41, 5.74) is 1.94. The number of thiol groups is 1. The van der Waals surface area contributed by atoms with E-state index in [1.54, 1.807) is 20.1 Å². The van der Waals surface area contributed by atoms with Gasteiger partial charge in [0, 0.05) is 33.6 Å². The number of allylic oxidation sites excluding steroid dienone is 1. The minimum absolute atomic E-state index is 0.0764. The van der Waals surface area contributed by atoms with Gasteiger partial charge in [-0.3, -0.25) is 4.79 Å². The molecule has 1 aliphatic heterocycles. The van der Waals surface area contributed by atoms with E-state index in [-0.39, 0.29) is 34.4 Å². The van der Waals surface area contributed by atoms with Crippen molar-refractivity contribution in [1.82, 2.24) is 0 Å². The van der Waals surface area contributed by atoms with Crippen LogP contribution in [0.25, 0.3) is 0 Å². The second-order valence-corrected chi connectivity index (χ2v) is 9.14. The van der Waals surface area contributed by atoms with E-state index in [2.05, 4.69) is 12.6 Å². The maximum Gasteiger partial charge on any atom is 0.347 e. The summed E-state index contributed by atoms with van der Waals surface area (Å²) in [6, 6.07) is 9.26. The van der Waals surface area contributed by atoms with Crippen LogP contribution in [-0.2, 0) is 21.7 Å². The number of hydrogen-bond donors (Lipinski definition) is 1. The minimum atomic E-state index is -0.801. The van der Waals surface area contributed by atoms with Crippen molar-refractivity contribution in [2.45, 2.75) is 25.2 Å². The standard InChI is InChI=1S/C22H20Cl2O5S2/c1-3-28-22(26)17-9-13-8-15(19(23)20(24)21(13)29-17)16(25)10-18(30)31-11-12-4-6-14(27-2)7-5-12/h4-8,10,17,30H,3,9,11H2,1-2H3/b18-10+. The maximum absolute atomic E-state index is 12.8. The molecular formula is C22H20Cl2O5S2. The Kier molecular flexibility index (Phi) is 8.22. The number of fused-ring (bicyclic) bond motifs is 1. The molecule has 0 aliphatic carbocycles. The molecule has 0 aromatic heterocycles. The lowest BCUT2D eigenvalue weighted by Gasteiger charge is -2.10. The van der Waals surface area contributed by atoms with Crippen molar-refractivity contribution in [2.75, 3.05) is 13.7 Å². The average molecular weight is 499 g/mol. The van der Waals surface area contributed by atoms with E-state index in [4.69, 9.17) is 37.4 Å². The van der Waals surface area contributed by atoms with E-state index in [1.165, 1.54) is 17.8 Å². The third-order valence-electron chi connectivity index (χ3n) is 4.52. The van der Waals surface area contributed by atoms with Gasteiger partial charge in [0.1, 0.15) is 16.5 Å². The molecule has 5 nitrogen and oxygen atoms in total. The number of ether oxygens (including phenoxy) is 3. The molecular weight excluding hydrogens is 479 g/mol. The van der Waals surface area contributed by atoms with Crippen molar-refractivity contribution in [3.8, 4) is 11.5 Å². The fraction of sp³-hybridized carbons (Fsp3) is 0.273. The largest absolute Gasteiger partial charge is 0.497 e. The Morgan fingerprint density at radius 2 is 1.97 bits per heavy atom. The molecule has 31 heavy (non-hydrogen) atoms. The van der Waals surface area contributed by atoms with Crippen molar-refractivity contribution < 1.29 is 23.8 Å².